The number of carbonyl (C=O) groups is 1. The van der Waals surface area contributed by atoms with Crippen LogP contribution < -0.4 is 16.6 Å². The van der Waals surface area contributed by atoms with Crippen LogP contribution >= 0.6 is 0 Å². The third-order valence-electron chi connectivity index (χ3n) is 5.13. The summed E-state index contributed by atoms with van der Waals surface area (Å²) in [6.07, 6.45) is -0.264. The van der Waals surface area contributed by atoms with Crippen molar-refractivity contribution >= 4 is 5.91 Å². The SMILES string of the molecule is O=C(N[C@@H]1CC[C@@H](n2cc(F)c(=O)[nH]c2=O)[C@@H](O)[C@@H]1O)C1CCOCC1. The van der Waals surface area contributed by atoms with E-state index in [0.29, 0.717) is 32.5 Å². The van der Waals surface area contributed by atoms with Gasteiger partial charge in [-0.2, -0.15) is 4.39 Å². The molecule has 144 valence electrons. The summed E-state index contributed by atoms with van der Waals surface area (Å²) in [7, 11) is 0. The quantitative estimate of drug-likeness (QED) is 0.519. The molecule has 4 atom stereocenters. The van der Waals surface area contributed by atoms with Crippen LogP contribution in [0.3, 0.4) is 0 Å². The summed E-state index contributed by atoms with van der Waals surface area (Å²) in [4.78, 5) is 37.1. The maximum Gasteiger partial charge on any atom is 0.328 e. The Kier molecular flexibility index (Phi) is 5.54. The number of hydrogen-bond donors (Lipinski definition) is 4. The summed E-state index contributed by atoms with van der Waals surface area (Å²) in [6, 6.07) is -1.57. The third kappa shape index (κ3) is 3.71. The number of nitrogens with one attached hydrogen (secondary N) is 2. The van der Waals surface area contributed by atoms with E-state index in [4.69, 9.17) is 4.74 Å². The summed E-state index contributed by atoms with van der Waals surface area (Å²) >= 11 is 0. The summed E-state index contributed by atoms with van der Waals surface area (Å²) in [5.41, 5.74) is -2.00. The van der Waals surface area contributed by atoms with Crippen LogP contribution in [0.5, 0.6) is 0 Å². The summed E-state index contributed by atoms with van der Waals surface area (Å²) in [6.45, 7) is 1.02. The van der Waals surface area contributed by atoms with Crippen molar-refractivity contribution in [2.75, 3.05) is 13.2 Å². The lowest BCUT2D eigenvalue weighted by molar-refractivity contribution is -0.132. The number of carbonyl (C=O) groups excluding carboxylic acids is 1. The van der Waals surface area contributed by atoms with Gasteiger partial charge in [0.2, 0.25) is 11.7 Å². The highest BCUT2D eigenvalue weighted by atomic mass is 19.1. The van der Waals surface area contributed by atoms with Gasteiger partial charge in [0.1, 0.15) is 12.2 Å². The van der Waals surface area contributed by atoms with E-state index in [2.05, 4.69) is 5.32 Å². The Balaban J connectivity index is 1.69. The Bertz CT molecular complexity index is 772. The second-order valence-electron chi connectivity index (χ2n) is 6.77. The Labute approximate surface area is 147 Å². The molecule has 2 aliphatic rings. The highest BCUT2D eigenvalue weighted by Crippen LogP contribution is 2.29. The highest BCUT2D eigenvalue weighted by Gasteiger charge is 2.40. The van der Waals surface area contributed by atoms with Gasteiger partial charge in [0.05, 0.1) is 18.3 Å². The summed E-state index contributed by atoms with van der Waals surface area (Å²) in [5.74, 6) is -1.54. The Morgan fingerprint density at radius 2 is 1.88 bits per heavy atom. The number of amides is 1. The number of rotatable bonds is 3. The largest absolute Gasteiger partial charge is 0.388 e. The molecular formula is C16H22FN3O6. The number of halogens is 1. The first-order chi connectivity index (χ1) is 12.4. The number of ether oxygens (including phenoxy) is 1. The fraction of sp³-hybridized carbons (Fsp3) is 0.688. The smallest absolute Gasteiger partial charge is 0.328 e. The molecule has 26 heavy (non-hydrogen) atoms. The van der Waals surface area contributed by atoms with Crippen molar-refractivity contribution in [2.24, 2.45) is 5.92 Å². The normalized spacial score (nSPS) is 30.1. The Morgan fingerprint density at radius 1 is 1.19 bits per heavy atom. The van der Waals surface area contributed by atoms with Gasteiger partial charge in [-0.3, -0.25) is 19.1 Å². The van der Waals surface area contributed by atoms with Crippen LogP contribution in [0, 0.1) is 11.7 Å². The van der Waals surface area contributed by atoms with Crippen molar-refractivity contribution < 1.29 is 24.1 Å². The van der Waals surface area contributed by atoms with Crippen molar-refractivity contribution in [3.8, 4) is 0 Å². The molecule has 2 heterocycles. The van der Waals surface area contributed by atoms with Crippen LogP contribution in [-0.4, -0.2) is 57.1 Å². The van der Waals surface area contributed by atoms with Crippen LogP contribution in [0.1, 0.15) is 31.7 Å². The van der Waals surface area contributed by atoms with E-state index in [-0.39, 0.29) is 18.2 Å². The van der Waals surface area contributed by atoms with E-state index in [1.54, 1.807) is 0 Å². The van der Waals surface area contributed by atoms with Gasteiger partial charge in [-0.05, 0) is 25.7 Å². The standard InChI is InChI=1S/C16H22FN3O6/c17-9-7-20(16(25)19-15(9)24)11-2-1-10(12(21)13(11)22)18-14(23)8-3-5-26-6-4-8/h7-8,10-13,21-22H,1-6H2,(H,18,23)(H,19,24,25)/t10-,11-,12-,13-/m1/s1. The topological polar surface area (TPSA) is 134 Å². The average molecular weight is 371 g/mol. The van der Waals surface area contributed by atoms with Crippen molar-refractivity contribution in [3.63, 3.8) is 0 Å². The maximum absolute atomic E-state index is 13.5. The Morgan fingerprint density at radius 3 is 2.58 bits per heavy atom. The van der Waals surface area contributed by atoms with Gasteiger partial charge in [0.25, 0.3) is 5.56 Å². The fourth-order valence-electron chi connectivity index (χ4n) is 3.59. The zero-order chi connectivity index (χ0) is 18.8. The van der Waals surface area contributed by atoms with Gasteiger partial charge in [-0.15, -0.1) is 0 Å². The number of aliphatic hydroxyl groups excluding tert-OH is 2. The first-order valence-corrected chi connectivity index (χ1v) is 8.63. The molecule has 0 bridgehead atoms. The number of aromatic amines is 1. The van der Waals surface area contributed by atoms with E-state index in [1.807, 2.05) is 4.98 Å². The number of nitrogens with zero attached hydrogens (tertiary/aromatic N) is 1. The molecule has 1 aromatic rings. The number of H-pyrrole nitrogens is 1. The average Bonchev–Trinajstić information content (AvgIpc) is 2.63. The van der Waals surface area contributed by atoms with Crippen LogP contribution in [0.25, 0.3) is 0 Å². The first kappa shape index (κ1) is 18.7. The molecule has 0 unspecified atom stereocenters. The monoisotopic (exact) mass is 371 g/mol. The molecule has 1 amide bonds. The van der Waals surface area contributed by atoms with Crippen LogP contribution in [-0.2, 0) is 9.53 Å². The molecule has 1 aromatic heterocycles. The maximum atomic E-state index is 13.5. The molecule has 9 nitrogen and oxygen atoms in total. The molecule has 0 spiro atoms. The van der Waals surface area contributed by atoms with Gasteiger partial charge in [0, 0.05) is 19.1 Å². The van der Waals surface area contributed by atoms with E-state index in [9.17, 15) is 29.0 Å². The molecule has 0 radical (unpaired) electrons. The molecule has 0 aromatic carbocycles. The van der Waals surface area contributed by atoms with E-state index >= 15 is 0 Å². The zero-order valence-corrected chi connectivity index (χ0v) is 14.1. The van der Waals surface area contributed by atoms with E-state index in [0.717, 1.165) is 10.8 Å². The van der Waals surface area contributed by atoms with E-state index in [1.165, 1.54) is 0 Å². The molecule has 1 saturated heterocycles. The van der Waals surface area contributed by atoms with Gasteiger partial charge in [-0.25, -0.2) is 4.79 Å². The van der Waals surface area contributed by atoms with Gasteiger partial charge in [0.15, 0.2) is 0 Å². The van der Waals surface area contributed by atoms with Crippen molar-refractivity contribution in [1.29, 1.82) is 0 Å². The fourth-order valence-corrected chi connectivity index (χ4v) is 3.59. The number of aromatic nitrogens is 2. The minimum atomic E-state index is -1.40. The summed E-state index contributed by atoms with van der Waals surface area (Å²) < 4.78 is 19.6. The lowest BCUT2D eigenvalue weighted by Gasteiger charge is -2.39. The van der Waals surface area contributed by atoms with Crippen LogP contribution in [0.2, 0.25) is 0 Å². The molecule has 3 rings (SSSR count). The molecule has 4 N–H and O–H groups in total. The van der Waals surface area contributed by atoms with Gasteiger partial charge < -0.3 is 20.3 Å². The minimum Gasteiger partial charge on any atom is -0.388 e. The molecular weight excluding hydrogens is 349 g/mol. The van der Waals surface area contributed by atoms with Crippen molar-refractivity contribution in [3.05, 3.63) is 32.9 Å². The summed E-state index contributed by atoms with van der Waals surface area (Å²) in [5, 5.41) is 23.5. The third-order valence-corrected chi connectivity index (χ3v) is 5.13. The second kappa shape index (κ2) is 7.68. The molecule has 1 saturated carbocycles. The van der Waals surface area contributed by atoms with Gasteiger partial charge >= 0.3 is 5.69 Å². The second-order valence-corrected chi connectivity index (χ2v) is 6.77. The molecule has 10 heteroatoms. The van der Waals surface area contributed by atoms with Crippen LogP contribution in [0.15, 0.2) is 15.8 Å². The number of aliphatic hydroxyl groups is 2. The Hall–Kier alpha value is -2.04. The molecule has 1 aliphatic heterocycles. The predicted molar refractivity (Wildman–Crippen MR) is 87.0 cm³/mol. The van der Waals surface area contributed by atoms with Gasteiger partial charge in [-0.1, -0.05) is 0 Å². The first-order valence-electron chi connectivity index (χ1n) is 8.63. The van der Waals surface area contributed by atoms with E-state index < -0.39 is 41.4 Å². The predicted octanol–water partition coefficient (Wildman–Crippen LogP) is -1.36. The highest BCUT2D eigenvalue weighted by molar-refractivity contribution is 5.79. The van der Waals surface area contributed by atoms with Crippen LogP contribution in [0.4, 0.5) is 4.39 Å². The lowest BCUT2D eigenvalue weighted by Crippen LogP contribution is -2.56. The van der Waals surface area contributed by atoms with Crippen molar-refractivity contribution in [1.82, 2.24) is 14.9 Å². The van der Waals surface area contributed by atoms with Crippen molar-refractivity contribution in [2.45, 2.75) is 50.0 Å². The lowest BCUT2D eigenvalue weighted by atomic mass is 9.85. The number of hydrogen-bond acceptors (Lipinski definition) is 6. The molecule has 2 fully saturated rings. The zero-order valence-electron chi connectivity index (χ0n) is 14.1. The minimum absolute atomic E-state index is 0.193. The molecule has 1 aliphatic carbocycles.